The number of carbonyl (C=O) groups is 4. The average molecular weight is 465 g/mol. The average Bonchev–Trinajstić information content (AvgIpc) is 3.34. The fourth-order valence-electron chi connectivity index (χ4n) is 3.59. The SMILES string of the molecule is NC(CCC(=O)N1[C@H](Cc2c[nH]c3ccc(O)cc23)SC[C@H]1C(=O)NCC(=O)O)C(=O)O. The maximum absolute atomic E-state index is 13.0. The molecule has 0 radical (unpaired) electrons. The van der Waals surface area contributed by atoms with Crippen molar-refractivity contribution in [2.24, 2.45) is 5.73 Å². The number of H-pyrrole nitrogens is 1. The fraction of sp³-hybridized carbons (Fsp3) is 0.400. The molecule has 3 atom stereocenters. The summed E-state index contributed by atoms with van der Waals surface area (Å²) < 4.78 is 0. The number of fused-ring (bicyclic) bond motifs is 1. The van der Waals surface area contributed by atoms with Gasteiger partial charge < -0.3 is 36.3 Å². The zero-order valence-corrected chi connectivity index (χ0v) is 17.8. The number of thioether (sulfide) groups is 1. The second-order valence-electron chi connectivity index (χ2n) is 7.45. The van der Waals surface area contributed by atoms with Gasteiger partial charge in [-0.1, -0.05) is 0 Å². The lowest BCUT2D eigenvalue weighted by Gasteiger charge is -2.29. The quantitative estimate of drug-likeness (QED) is 0.299. The van der Waals surface area contributed by atoms with Crippen molar-refractivity contribution in [3.05, 3.63) is 30.0 Å². The summed E-state index contributed by atoms with van der Waals surface area (Å²) in [7, 11) is 0. The molecule has 0 saturated carbocycles. The number of carboxylic acid groups (broad SMARTS) is 2. The number of carboxylic acids is 2. The number of aliphatic carboxylic acids is 2. The van der Waals surface area contributed by atoms with Crippen LogP contribution in [0, 0.1) is 0 Å². The van der Waals surface area contributed by atoms with Crippen molar-refractivity contribution in [2.45, 2.75) is 36.7 Å². The van der Waals surface area contributed by atoms with Crippen LogP contribution in [-0.4, -0.2) is 78.7 Å². The molecule has 2 aromatic rings. The predicted molar refractivity (Wildman–Crippen MR) is 116 cm³/mol. The zero-order chi connectivity index (χ0) is 23.4. The Hall–Kier alpha value is -3.25. The van der Waals surface area contributed by atoms with Gasteiger partial charge in [-0.05, 0) is 30.2 Å². The fourth-order valence-corrected chi connectivity index (χ4v) is 5.03. The Balaban J connectivity index is 1.81. The van der Waals surface area contributed by atoms with E-state index < -0.39 is 47.8 Å². The lowest BCUT2D eigenvalue weighted by atomic mass is 10.1. The zero-order valence-electron chi connectivity index (χ0n) is 17.0. The van der Waals surface area contributed by atoms with Gasteiger partial charge in [-0.2, -0.15) is 0 Å². The van der Waals surface area contributed by atoms with Gasteiger partial charge in [0.05, 0.1) is 5.37 Å². The Morgan fingerprint density at radius 1 is 1.28 bits per heavy atom. The maximum Gasteiger partial charge on any atom is 0.322 e. The molecular formula is C20H24N4O7S. The first-order chi connectivity index (χ1) is 15.2. The first-order valence-electron chi connectivity index (χ1n) is 9.87. The highest BCUT2D eigenvalue weighted by Gasteiger charge is 2.41. The van der Waals surface area contributed by atoms with Gasteiger partial charge in [-0.25, -0.2) is 0 Å². The Morgan fingerprint density at radius 3 is 2.72 bits per heavy atom. The number of nitrogens with one attached hydrogen (secondary N) is 2. The minimum absolute atomic E-state index is 0.0908. The van der Waals surface area contributed by atoms with Crippen LogP contribution < -0.4 is 11.1 Å². The highest BCUT2D eigenvalue weighted by Crippen LogP contribution is 2.34. The number of aromatic nitrogens is 1. The Bertz CT molecular complexity index is 1040. The van der Waals surface area contributed by atoms with Crippen molar-refractivity contribution in [1.82, 2.24) is 15.2 Å². The van der Waals surface area contributed by atoms with Crippen molar-refractivity contribution < 1.29 is 34.5 Å². The van der Waals surface area contributed by atoms with E-state index in [0.717, 1.165) is 16.5 Å². The van der Waals surface area contributed by atoms with E-state index in [1.54, 1.807) is 24.4 Å². The van der Waals surface area contributed by atoms with Gasteiger partial charge in [0.15, 0.2) is 0 Å². The van der Waals surface area contributed by atoms with E-state index in [-0.39, 0.29) is 24.3 Å². The molecular weight excluding hydrogens is 440 g/mol. The third kappa shape index (κ3) is 5.32. The number of amides is 2. The molecule has 1 aliphatic heterocycles. The largest absolute Gasteiger partial charge is 0.508 e. The summed E-state index contributed by atoms with van der Waals surface area (Å²) in [6, 6.07) is 2.79. The Kier molecular flexibility index (Phi) is 7.26. The molecule has 2 amide bonds. The molecule has 11 nitrogen and oxygen atoms in total. The number of aromatic hydroxyl groups is 1. The van der Waals surface area contributed by atoms with Gasteiger partial charge in [0.1, 0.15) is 24.4 Å². The molecule has 12 heteroatoms. The molecule has 1 fully saturated rings. The molecule has 1 aliphatic rings. The van der Waals surface area contributed by atoms with Crippen LogP contribution in [0.4, 0.5) is 0 Å². The first kappa shape index (κ1) is 23.4. The van der Waals surface area contributed by atoms with Crippen molar-refractivity contribution in [3.8, 4) is 5.75 Å². The van der Waals surface area contributed by atoms with E-state index in [4.69, 9.17) is 15.9 Å². The second-order valence-corrected chi connectivity index (χ2v) is 8.66. The summed E-state index contributed by atoms with van der Waals surface area (Å²) in [4.78, 5) is 51.9. The lowest BCUT2D eigenvalue weighted by molar-refractivity contribution is -0.142. The number of nitrogens with zero attached hydrogens (tertiary/aromatic N) is 1. The minimum Gasteiger partial charge on any atom is -0.508 e. The number of phenolic OH excluding ortho intramolecular Hbond substituents is 1. The summed E-state index contributed by atoms with van der Waals surface area (Å²) >= 11 is 1.37. The third-order valence-corrected chi connectivity index (χ3v) is 6.52. The van der Waals surface area contributed by atoms with E-state index in [9.17, 15) is 24.3 Å². The van der Waals surface area contributed by atoms with Crippen LogP contribution in [0.5, 0.6) is 5.75 Å². The van der Waals surface area contributed by atoms with Crippen molar-refractivity contribution in [3.63, 3.8) is 0 Å². The molecule has 172 valence electrons. The summed E-state index contributed by atoms with van der Waals surface area (Å²) in [5, 5.41) is 30.3. The number of hydrogen-bond donors (Lipinski definition) is 6. The van der Waals surface area contributed by atoms with E-state index in [1.807, 2.05) is 0 Å². The highest BCUT2D eigenvalue weighted by atomic mass is 32.2. The van der Waals surface area contributed by atoms with Crippen LogP contribution in [0.25, 0.3) is 10.9 Å². The number of hydrogen-bond acceptors (Lipinski definition) is 7. The van der Waals surface area contributed by atoms with Gasteiger partial charge in [0.2, 0.25) is 11.8 Å². The van der Waals surface area contributed by atoms with E-state index in [0.29, 0.717) is 6.42 Å². The molecule has 0 bridgehead atoms. The molecule has 1 unspecified atom stereocenters. The topological polar surface area (TPSA) is 186 Å². The van der Waals surface area contributed by atoms with E-state index in [2.05, 4.69) is 10.3 Å². The molecule has 1 aromatic carbocycles. The number of aromatic amines is 1. The molecule has 32 heavy (non-hydrogen) atoms. The summed E-state index contributed by atoms with van der Waals surface area (Å²) in [5.74, 6) is -3.09. The van der Waals surface area contributed by atoms with Crippen LogP contribution >= 0.6 is 11.8 Å². The molecule has 0 aliphatic carbocycles. The lowest BCUT2D eigenvalue weighted by Crippen LogP contribution is -2.51. The van der Waals surface area contributed by atoms with Crippen LogP contribution in [0.15, 0.2) is 24.4 Å². The van der Waals surface area contributed by atoms with Gasteiger partial charge in [0.25, 0.3) is 0 Å². The molecule has 0 spiro atoms. The number of carbonyl (C=O) groups excluding carboxylic acids is 2. The first-order valence-corrected chi connectivity index (χ1v) is 10.9. The highest BCUT2D eigenvalue weighted by molar-refractivity contribution is 8.00. The smallest absolute Gasteiger partial charge is 0.322 e. The molecule has 1 aromatic heterocycles. The van der Waals surface area contributed by atoms with Gasteiger partial charge in [0, 0.05) is 35.7 Å². The van der Waals surface area contributed by atoms with Crippen LogP contribution in [0.2, 0.25) is 0 Å². The van der Waals surface area contributed by atoms with Crippen molar-refractivity contribution in [2.75, 3.05) is 12.3 Å². The van der Waals surface area contributed by atoms with Crippen LogP contribution in [-0.2, 0) is 25.6 Å². The molecule has 7 N–H and O–H groups in total. The Labute approximate surface area is 186 Å². The van der Waals surface area contributed by atoms with E-state index in [1.165, 1.54) is 16.7 Å². The van der Waals surface area contributed by atoms with Crippen LogP contribution in [0.3, 0.4) is 0 Å². The number of nitrogens with two attached hydrogens (primary N) is 1. The van der Waals surface area contributed by atoms with Crippen molar-refractivity contribution >= 4 is 46.4 Å². The summed E-state index contributed by atoms with van der Waals surface area (Å²) in [6.45, 7) is -0.571. The minimum atomic E-state index is -1.22. The number of phenols is 1. The van der Waals surface area contributed by atoms with Crippen molar-refractivity contribution in [1.29, 1.82) is 0 Å². The predicted octanol–water partition coefficient (Wildman–Crippen LogP) is 0.0790. The molecule has 2 heterocycles. The number of benzene rings is 1. The molecule has 3 rings (SSSR count). The van der Waals surface area contributed by atoms with Gasteiger partial charge in [-0.3, -0.25) is 19.2 Å². The molecule has 1 saturated heterocycles. The standard InChI is InChI=1S/C20H24N4O7S/c21-13(20(30)31)2-4-16(26)24-15(19(29)23-8-18(27)28)9-32-17(24)5-10-7-22-14-3-1-11(25)6-12(10)14/h1,3,6-7,13,15,17,22,25H,2,4-5,8-9,21H2,(H,23,29)(H,27,28)(H,30,31)/t13?,15-,17-/m0/s1. The monoisotopic (exact) mass is 464 g/mol. The second kappa shape index (κ2) is 9.92. The van der Waals surface area contributed by atoms with Gasteiger partial charge in [-0.15, -0.1) is 11.8 Å². The number of rotatable bonds is 9. The Morgan fingerprint density at radius 2 is 2.03 bits per heavy atom. The third-order valence-electron chi connectivity index (χ3n) is 5.23. The maximum atomic E-state index is 13.0. The van der Waals surface area contributed by atoms with E-state index >= 15 is 0 Å². The summed E-state index contributed by atoms with van der Waals surface area (Å²) in [6.07, 6.45) is 1.88. The normalized spacial score (nSPS) is 19.1. The van der Waals surface area contributed by atoms with Gasteiger partial charge >= 0.3 is 11.9 Å². The summed E-state index contributed by atoms with van der Waals surface area (Å²) in [5.41, 5.74) is 7.15. The van der Waals surface area contributed by atoms with Crippen LogP contribution in [0.1, 0.15) is 18.4 Å².